The lowest BCUT2D eigenvalue weighted by molar-refractivity contribution is 0.0592. The summed E-state index contributed by atoms with van der Waals surface area (Å²) in [5.41, 5.74) is 1.34. The van der Waals surface area contributed by atoms with Gasteiger partial charge in [-0.2, -0.15) is 0 Å². The zero-order valence-corrected chi connectivity index (χ0v) is 11.5. The summed E-state index contributed by atoms with van der Waals surface area (Å²) in [6.45, 7) is 0.287. The van der Waals surface area contributed by atoms with Crippen molar-refractivity contribution in [3.05, 3.63) is 34.9 Å². The smallest absolute Gasteiger partial charge is 0.0480 e. The summed E-state index contributed by atoms with van der Waals surface area (Å²) in [6, 6.07) is 9.42. The highest BCUT2D eigenvalue weighted by molar-refractivity contribution is 6.30. The number of fused-ring (bicyclic) bond motifs is 2. The summed E-state index contributed by atoms with van der Waals surface area (Å²) in [4.78, 5) is 2.48. The third kappa shape index (κ3) is 1.97. The Bertz CT molecular complexity index is 419. The van der Waals surface area contributed by atoms with E-state index in [1.807, 2.05) is 12.1 Å². The van der Waals surface area contributed by atoms with Crippen molar-refractivity contribution in [2.45, 2.75) is 37.3 Å². The van der Waals surface area contributed by atoms with Crippen molar-refractivity contribution in [2.75, 3.05) is 13.7 Å². The van der Waals surface area contributed by atoms with E-state index < -0.39 is 0 Å². The lowest BCUT2D eigenvalue weighted by Crippen LogP contribution is -2.47. The summed E-state index contributed by atoms with van der Waals surface area (Å²) >= 11 is 5.96. The van der Waals surface area contributed by atoms with Gasteiger partial charge in [-0.15, -0.1) is 0 Å². The molecule has 0 radical (unpaired) electrons. The average Bonchev–Trinajstić information content (AvgIpc) is 2.63. The third-order valence-electron chi connectivity index (χ3n) is 4.94. The first-order valence-electron chi connectivity index (χ1n) is 6.79. The summed E-state index contributed by atoms with van der Waals surface area (Å²) in [5.74, 6) is 0.857. The summed E-state index contributed by atoms with van der Waals surface area (Å²) < 4.78 is 0. The minimum absolute atomic E-state index is 0.287. The zero-order valence-electron chi connectivity index (χ0n) is 10.7. The van der Waals surface area contributed by atoms with E-state index in [0.29, 0.717) is 23.9 Å². The Morgan fingerprint density at radius 1 is 1.28 bits per heavy atom. The fourth-order valence-corrected chi connectivity index (χ4v) is 4.05. The van der Waals surface area contributed by atoms with Crippen LogP contribution < -0.4 is 0 Å². The Kier molecular flexibility index (Phi) is 3.35. The van der Waals surface area contributed by atoms with Gasteiger partial charge in [0, 0.05) is 29.6 Å². The number of rotatable bonds is 2. The van der Waals surface area contributed by atoms with Crippen LogP contribution in [0.4, 0.5) is 0 Å². The highest BCUT2D eigenvalue weighted by Crippen LogP contribution is 2.45. The first-order chi connectivity index (χ1) is 8.70. The molecule has 18 heavy (non-hydrogen) atoms. The molecule has 3 unspecified atom stereocenters. The molecule has 0 aliphatic carbocycles. The largest absolute Gasteiger partial charge is 0.396 e. The SMILES string of the molecule is CN1C2CCC1[C@@H](CO)C(c1ccc(Cl)cc1)C2. The molecule has 0 saturated carbocycles. The first kappa shape index (κ1) is 12.5. The van der Waals surface area contributed by atoms with E-state index in [2.05, 4.69) is 24.1 Å². The Balaban J connectivity index is 1.89. The first-order valence-corrected chi connectivity index (χ1v) is 7.16. The van der Waals surface area contributed by atoms with E-state index in [-0.39, 0.29) is 6.61 Å². The van der Waals surface area contributed by atoms with Crippen molar-refractivity contribution < 1.29 is 5.11 Å². The molecular formula is C15H20ClNO. The molecule has 1 N–H and O–H groups in total. The van der Waals surface area contributed by atoms with Gasteiger partial charge in [-0.05, 0) is 49.9 Å². The molecule has 3 rings (SSSR count). The number of benzene rings is 1. The third-order valence-corrected chi connectivity index (χ3v) is 5.19. The summed E-state index contributed by atoms with van der Waals surface area (Å²) in [7, 11) is 2.21. The van der Waals surface area contributed by atoms with Gasteiger partial charge in [0.15, 0.2) is 0 Å². The number of aliphatic hydroxyl groups excluding tert-OH is 1. The van der Waals surface area contributed by atoms with E-state index in [9.17, 15) is 5.11 Å². The quantitative estimate of drug-likeness (QED) is 0.889. The Labute approximate surface area is 114 Å². The highest BCUT2D eigenvalue weighted by atomic mass is 35.5. The van der Waals surface area contributed by atoms with E-state index in [1.165, 1.54) is 24.8 Å². The van der Waals surface area contributed by atoms with Crippen molar-refractivity contribution in [3.63, 3.8) is 0 Å². The second-order valence-corrected chi connectivity index (χ2v) is 6.14. The minimum Gasteiger partial charge on any atom is -0.396 e. The van der Waals surface area contributed by atoms with Crippen molar-refractivity contribution in [2.24, 2.45) is 5.92 Å². The van der Waals surface area contributed by atoms with Crippen molar-refractivity contribution in [1.82, 2.24) is 4.90 Å². The number of aliphatic hydroxyl groups is 1. The van der Waals surface area contributed by atoms with Crippen molar-refractivity contribution in [1.29, 1.82) is 0 Å². The maximum Gasteiger partial charge on any atom is 0.0480 e. The predicted molar refractivity (Wildman–Crippen MR) is 74.0 cm³/mol. The van der Waals surface area contributed by atoms with Gasteiger partial charge in [-0.3, -0.25) is 0 Å². The van der Waals surface area contributed by atoms with Crippen LogP contribution in [-0.2, 0) is 0 Å². The van der Waals surface area contributed by atoms with Crippen LogP contribution in [0.5, 0.6) is 0 Å². The molecule has 2 aliphatic rings. The Morgan fingerprint density at radius 3 is 2.67 bits per heavy atom. The average molecular weight is 266 g/mol. The molecule has 0 spiro atoms. The van der Waals surface area contributed by atoms with Crippen LogP contribution in [0.15, 0.2) is 24.3 Å². The molecule has 2 saturated heterocycles. The van der Waals surface area contributed by atoms with Gasteiger partial charge in [-0.1, -0.05) is 23.7 Å². The molecule has 2 heterocycles. The molecule has 2 nitrogen and oxygen atoms in total. The van der Waals surface area contributed by atoms with Gasteiger partial charge in [0.25, 0.3) is 0 Å². The fraction of sp³-hybridized carbons (Fsp3) is 0.600. The van der Waals surface area contributed by atoms with Crippen LogP contribution in [0.1, 0.15) is 30.7 Å². The number of nitrogens with zero attached hydrogens (tertiary/aromatic N) is 1. The molecule has 98 valence electrons. The van der Waals surface area contributed by atoms with Gasteiger partial charge < -0.3 is 10.0 Å². The lowest BCUT2D eigenvalue weighted by atomic mass is 9.76. The van der Waals surface area contributed by atoms with E-state index in [0.717, 1.165) is 5.02 Å². The molecule has 2 aliphatic heterocycles. The maximum atomic E-state index is 9.76. The van der Waals surface area contributed by atoms with E-state index in [1.54, 1.807) is 0 Å². The maximum absolute atomic E-state index is 9.76. The van der Waals surface area contributed by atoms with Crippen molar-refractivity contribution >= 4 is 11.6 Å². The Hall–Kier alpha value is -0.570. The predicted octanol–water partition coefficient (Wildman–Crippen LogP) is 2.90. The standard InChI is InChI=1S/C15H20ClNO/c1-17-12-6-7-15(17)14(9-18)13(8-12)10-2-4-11(16)5-3-10/h2-5,12-15,18H,6-9H2,1H3/t12?,13?,14-,15?/m0/s1. The summed E-state index contributed by atoms with van der Waals surface area (Å²) in [5, 5.41) is 10.5. The molecule has 3 heteroatoms. The molecule has 0 amide bonds. The number of hydrogen-bond donors (Lipinski definition) is 1. The highest BCUT2D eigenvalue weighted by Gasteiger charge is 2.45. The zero-order chi connectivity index (χ0) is 12.7. The molecule has 2 fully saturated rings. The second-order valence-electron chi connectivity index (χ2n) is 5.70. The van der Waals surface area contributed by atoms with Crippen LogP contribution in [0, 0.1) is 5.92 Å². The van der Waals surface area contributed by atoms with Gasteiger partial charge in [-0.25, -0.2) is 0 Å². The number of hydrogen-bond acceptors (Lipinski definition) is 2. The molecular weight excluding hydrogens is 246 g/mol. The topological polar surface area (TPSA) is 23.5 Å². The number of halogens is 1. The van der Waals surface area contributed by atoms with E-state index >= 15 is 0 Å². The van der Waals surface area contributed by atoms with Gasteiger partial charge in [0.2, 0.25) is 0 Å². The molecule has 4 atom stereocenters. The lowest BCUT2D eigenvalue weighted by Gasteiger charge is -2.42. The van der Waals surface area contributed by atoms with Crippen LogP contribution >= 0.6 is 11.6 Å². The fourth-order valence-electron chi connectivity index (χ4n) is 3.92. The molecule has 1 aromatic rings. The van der Waals surface area contributed by atoms with Crippen LogP contribution in [0.2, 0.25) is 5.02 Å². The number of piperidine rings is 1. The Morgan fingerprint density at radius 2 is 2.00 bits per heavy atom. The minimum atomic E-state index is 0.287. The van der Waals surface area contributed by atoms with Crippen LogP contribution in [0.25, 0.3) is 0 Å². The van der Waals surface area contributed by atoms with Crippen LogP contribution in [-0.4, -0.2) is 35.7 Å². The molecule has 1 aromatic carbocycles. The normalized spacial score (nSPS) is 35.9. The second kappa shape index (κ2) is 4.84. The van der Waals surface area contributed by atoms with Crippen molar-refractivity contribution in [3.8, 4) is 0 Å². The van der Waals surface area contributed by atoms with Gasteiger partial charge in [0.1, 0.15) is 0 Å². The summed E-state index contributed by atoms with van der Waals surface area (Å²) in [6.07, 6.45) is 3.68. The van der Waals surface area contributed by atoms with E-state index in [4.69, 9.17) is 11.6 Å². The van der Waals surface area contributed by atoms with Gasteiger partial charge in [0.05, 0.1) is 0 Å². The molecule has 0 aromatic heterocycles. The van der Waals surface area contributed by atoms with Gasteiger partial charge >= 0.3 is 0 Å². The monoisotopic (exact) mass is 265 g/mol. The van der Waals surface area contributed by atoms with Crippen LogP contribution in [0.3, 0.4) is 0 Å². The molecule has 2 bridgehead atoms.